The van der Waals surface area contributed by atoms with Crippen molar-refractivity contribution in [2.45, 2.75) is 64.3 Å². The second-order valence-electron chi connectivity index (χ2n) is 6.04. The number of hydrogen-bond donors (Lipinski definition) is 0. The second-order valence-corrected chi connectivity index (χ2v) is 10.8. The number of unbranched alkanes of at least 4 members (excludes halogenated alkanes) is 1. The summed E-state index contributed by atoms with van der Waals surface area (Å²) in [7, 11) is -1.79. The number of allylic oxidation sites excluding steroid dienone is 1. The van der Waals surface area contributed by atoms with Gasteiger partial charge in [0.25, 0.3) is 0 Å². The van der Waals surface area contributed by atoms with Crippen molar-refractivity contribution < 1.29 is 9.22 Å². The van der Waals surface area contributed by atoms with Gasteiger partial charge in [0, 0.05) is 6.42 Å². The average Bonchev–Trinajstić information content (AvgIpc) is 2.24. The standard InChI is InChI=1S/C15H26O2Si/c1-7-8-11-14(12-9-10-13-16)17-18(5,6)15(2,3)4/h1,8,11,13-14H,9-10,12H2,2-6H3/b11-8-/t14-/m1/s1. The fourth-order valence-electron chi connectivity index (χ4n) is 1.31. The first kappa shape index (κ1) is 17.1. The molecule has 102 valence electrons. The van der Waals surface area contributed by atoms with Crippen molar-refractivity contribution in [2.24, 2.45) is 0 Å². The molecule has 0 aromatic rings. The van der Waals surface area contributed by atoms with Gasteiger partial charge in [0.2, 0.25) is 0 Å². The summed E-state index contributed by atoms with van der Waals surface area (Å²) in [5.41, 5.74) is 0. The van der Waals surface area contributed by atoms with Crippen molar-refractivity contribution in [1.29, 1.82) is 0 Å². The van der Waals surface area contributed by atoms with Crippen LogP contribution in [-0.4, -0.2) is 20.7 Å². The molecule has 0 rings (SSSR count). The zero-order valence-corrected chi connectivity index (χ0v) is 13.3. The van der Waals surface area contributed by atoms with Crippen LogP contribution in [0, 0.1) is 12.3 Å². The second kappa shape index (κ2) is 7.55. The van der Waals surface area contributed by atoms with Gasteiger partial charge >= 0.3 is 0 Å². The first-order chi connectivity index (χ1) is 8.24. The van der Waals surface area contributed by atoms with Gasteiger partial charge in [-0.25, -0.2) is 0 Å². The van der Waals surface area contributed by atoms with Crippen LogP contribution in [0.5, 0.6) is 0 Å². The summed E-state index contributed by atoms with van der Waals surface area (Å²) >= 11 is 0. The molecule has 0 fully saturated rings. The highest BCUT2D eigenvalue weighted by atomic mass is 28.4. The molecule has 18 heavy (non-hydrogen) atoms. The summed E-state index contributed by atoms with van der Waals surface area (Å²) in [5.74, 6) is 2.50. The summed E-state index contributed by atoms with van der Waals surface area (Å²) in [5, 5.41) is 0.180. The Morgan fingerprint density at radius 3 is 2.44 bits per heavy atom. The van der Waals surface area contributed by atoms with Crippen LogP contribution in [-0.2, 0) is 9.22 Å². The molecule has 0 spiro atoms. The smallest absolute Gasteiger partial charge is 0.192 e. The van der Waals surface area contributed by atoms with Gasteiger partial charge in [-0.3, -0.25) is 0 Å². The van der Waals surface area contributed by atoms with E-state index in [2.05, 4.69) is 39.8 Å². The first-order valence-electron chi connectivity index (χ1n) is 6.49. The monoisotopic (exact) mass is 266 g/mol. The van der Waals surface area contributed by atoms with Crippen molar-refractivity contribution in [1.82, 2.24) is 0 Å². The van der Waals surface area contributed by atoms with Crippen molar-refractivity contribution in [2.75, 3.05) is 0 Å². The topological polar surface area (TPSA) is 26.3 Å². The molecule has 0 aliphatic heterocycles. The van der Waals surface area contributed by atoms with Gasteiger partial charge in [-0.15, -0.1) is 6.42 Å². The zero-order chi connectivity index (χ0) is 14.2. The summed E-state index contributed by atoms with van der Waals surface area (Å²) in [6, 6.07) is 0. The third-order valence-electron chi connectivity index (χ3n) is 3.47. The van der Waals surface area contributed by atoms with E-state index in [-0.39, 0.29) is 11.1 Å². The molecule has 0 unspecified atom stereocenters. The van der Waals surface area contributed by atoms with E-state index in [4.69, 9.17) is 10.8 Å². The molecule has 0 heterocycles. The van der Waals surface area contributed by atoms with Crippen molar-refractivity contribution in [3.8, 4) is 12.3 Å². The molecule has 0 aromatic heterocycles. The quantitative estimate of drug-likeness (QED) is 0.302. The van der Waals surface area contributed by atoms with E-state index in [1.165, 1.54) is 0 Å². The fourth-order valence-corrected chi connectivity index (χ4v) is 2.62. The molecule has 0 amide bonds. The highest BCUT2D eigenvalue weighted by Gasteiger charge is 2.38. The zero-order valence-electron chi connectivity index (χ0n) is 12.3. The van der Waals surface area contributed by atoms with E-state index in [1.807, 2.05) is 6.08 Å². The van der Waals surface area contributed by atoms with E-state index in [9.17, 15) is 4.79 Å². The van der Waals surface area contributed by atoms with Gasteiger partial charge in [-0.05, 0) is 43.1 Å². The van der Waals surface area contributed by atoms with E-state index in [0.29, 0.717) is 6.42 Å². The fraction of sp³-hybridized carbons (Fsp3) is 0.667. The molecule has 2 nitrogen and oxygen atoms in total. The van der Waals surface area contributed by atoms with Crippen LogP contribution in [0.2, 0.25) is 18.1 Å². The summed E-state index contributed by atoms with van der Waals surface area (Å²) in [6.45, 7) is 11.1. The summed E-state index contributed by atoms with van der Waals surface area (Å²) < 4.78 is 6.29. The molecule has 0 aromatic carbocycles. The van der Waals surface area contributed by atoms with E-state index >= 15 is 0 Å². The molecule has 0 N–H and O–H groups in total. The SMILES string of the molecule is C#C/C=C\[C@H](CCCC=O)O[Si](C)(C)C(C)(C)C. The first-order valence-corrected chi connectivity index (χ1v) is 9.39. The van der Waals surface area contributed by atoms with Gasteiger partial charge in [0.05, 0.1) is 6.10 Å². The third-order valence-corrected chi connectivity index (χ3v) is 7.97. The number of aldehydes is 1. The molecule has 0 saturated carbocycles. The highest BCUT2D eigenvalue weighted by Crippen LogP contribution is 2.37. The Morgan fingerprint density at radius 1 is 1.39 bits per heavy atom. The third kappa shape index (κ3) is 6.18. The predicted molar refractivity (Wildman–Crippen MR) is 80.0 cm³/mol. The Labute approximate surface area is 113 Å². The van der Waals surface area contributed by atoms with E-state index in [1.54, 1.807) is 6.08 Å². The lowest BCUT2D eigenvalue weighted by Crippen LogP contribution is -2.43. The number of terminal acetylenes is 1. The van der Waals surface area contributed by atoms with Crippen LogP contribution in [0.4, 0.5) is 0 Å². The maximum atomic E-state index is 10.4. The van der Waals surface area contributed by atoms with Crippen LogP contribution in [0.15, 0.2) is 12.2 Å². The molecule has 0 bridgehead atoms. The van der Waals surface area contributed by atoms with Gasteiger partial charge in [-0.2, -0.15) is 0 Å². The molecule has 0 saturated heterocycles. The van der Waals surface area contributed by atoms with Crippen LogP contribution >= 0.6 is 0 Å². The van der Waals surface area contributed by atoms with Gasteiger partial charge in [0.1, 0.15) is 6.29 Å². The van der Waals surface area contributed by atoms with E-state index < -0.39 is 8.32 Å². The average molecular weight is 266 g/mol. The van der Waals surface area contributed by atoms with Crippen LogP contribution in [0.1, 0.15) is 40.0 Å². The lowest BCUT2D eigenvalue weighted by molar-refractivity contribution is -0.108. The van der Waals surface area contributed by atoms with Crippen LogP contribution < -0.4 is 0 Å². The Morgan fingerprint density at radius 2 is 2.00 bits per heavy atom. The molecule has 0 radical (unpaired) electrons. The van der Waals surface area contributed by atoms with E-state index in [0.717, 1.165) is 19.1 Å². The minimum absolute atomic E-state index is 0.0295. The molecular formula is C15H26O2Si. The number of hydrogen-bond acceptors (Lipinski definition) is 2. The number of carbonyl (C=O) groups is 1. The molecule has 3 heteroatoms. The molecule has 0 aliphatic carbocycles. The number of carbonyl (C=O) groups excluding carboxylic acids is 1. The molecule has 0 aliphatic rings. The lowest BCUT2D eigenvalue weighted by Gasteiger charge is -2.38. The van der Waals surface area contributed by atoms with Crippen molar-refractivity contribution in [3.63, 3.8) is 0 Å². The maximum absolute atomic E-state index is 10.4. The lowest BCUT2D eigenvalue weighted by atomic mass is 10.1. The van der Waals surface area contributed by atoms with Gasteiger partial charge < -0.3 is 9.22 Å². The number of rotatable bonds is 7. The summed E-state index contributed by atoms with van der Waals surface area (Å²) in [4.78, 5) is 10.4. The van der Waals surface area contributed by atoms with Crippen LogP contribution in [0.25, 0.3) is 0 Å². The minimum Gasteiger partial charge on any atom is -0.411 e. The predicted octanol–water partition coefficient (Wildman–Crippen LogP) is 3.94. The largest absolute Gasteiger partial charge is 0.411 e. The molecule has 1 atom stereocenters. The Bertz CT molecular complexity index is 318. The van der Waals surface area contributed by atoms with Crippen molar-refractivity contribution in [3.05, 3.63) is 12.2 Å². The minimum atomic E-state index is -1.79. The maximum Gasteiger partial charge on any atom is 0.192 e. The normalized spacial score (nSPS) is 14.4. The Balaban J connectivity index is 4.63. The highest BCUT2D eigenvalue weighted by molar-refractivity contribution is 6.74. The molecular weight excluding hydrogens is 240 g/mol. The van der Waals surface area contributed by atoms with Crippen LogP contribution in [0.3, 0.4) is 0 Å². The Kier molecular flexibility index (Phi) is 7.19. The Hall–Kier alpha value is -0.853. The summed E-state index contributed by atoms with van der Waals surface area (Å²) in [6.07, 6.45) is 12.1. The van der Waals surface area contributed by atoms with Gasteiger partial charge in [-0.1, -0.05) is 26.7 Å². The van der Waals surface area contributed by atoms with Gasteiger partial charge in [0.15, 0.2) is 8.32 Å². The van der Waals surface area contributed by atoms with Crippen molar-refractivity contribution >= 4 is 14.6 Å².